The molecule has 0 amide bonds. The highest BCUT2D eigenvalue weighted by molar-refractivity contribution is 7.71. The van der Waals surface area contributed by atoms with Crippen molar-refractivity contribution < 1.29 is 8.78 Å². The van der Waals surface area contributed by atoms with Crippen molar-refractivity contribution in [2.75, 3.05) is 6.93 Å². The van der Waals surface area contributed by atoms with Gasteiger partial charge in [0.15, 0.2) is 0 Å². The maximum Gasteiger partial charge on any atom is 0.229 e. The lowest BCUT2D eigenvalue weighted by Gasteiger charge is -2.12. The first-order chi connectivity index (χ1) is 8.76. The van der Waals surface area contributed by atoms with Crippen molar-refractivity contribution in [1.29, 1.82) is 0 Å². The Balaban J connectivity index is 0.000000367. The van der Waals surface area contributed by atoms with E-state index in [9.17, 15) is 8.78 Å². The number of benzene rings is 1. The number of H-pyrrole nitrogens is 1. The van der Waals surface area contributed by atoms with E-state index in [4.69, 9.17) is 12.2 Å². The predicted octanol–water partition coefficient (Wildman–Crippen LogP) is 3.36. The third-order valence-electron chi connectivity index (χ3n) is 2.86. The van der Waals surface area contributed by atoms with Crippen molar-refractivity contribution in [1.82, 2.24) is 14.8 Å². The zero-order valence-corrected chi connectivity index (χ0v) is 10.5. The second-order valence-corrected chi connectivity index (χ2v) is 4.27. The van der Waals surface area contributed by atoms with Gasteiger partial charge in [0.25, 0.3) is 0 Å². The molecule has 1 unspecified atom stereocenters. The van der Waals surface area contributed by atoms with Crippen LogP contribution in [0.3, 0.4) is 0 Å². The molecule has 0 spiro atoms. The first-order valence-electron chi connectivity index (χ1n) is 5.60. The van der Waals surface area contributed by atoms with Crippen LogP contribution >= 0.6 is 12.2 Å². The SMILES string of the molecule is FCF.S=c1nc2n([nH]1)C(c1ccccc1)CC2. The highest BCUT2D eigenvalue weighted by atomic mass is 32.1. The summed E-state index contributed by atoms with van der Waals surface area (Å²) in [6.45, 7) is -1.75. The van der Waals surface area contributed by atoms with E-state index in [1.807, 2.05) is 6.07 Å². The van der Waals surface area contributed by atoms with Crippen LogP contribution in [-0.4, -0.2) is 21.7 Å². The topological polar surface area (TPSA) is 33.6 Å². The molecule has 0 saturated carbocycles. The Bertz CT molecular complexity index is 550. The van der Waals surface area contributed by atoms with Gasteiger partial charge in [-0.05, 0) is 24.2 Å². The van der Waals surface area contributed by atoms with Gasteiger partial charge in [-0.15, -0.1) is 0 Å². The number of rotatable bonds is 1. The standard InChI is InChI=1S/C11H11N3S.CH2F2/c15-11-12-10-7-6-9(14(10)13-11)8-4-2-1-3-5-8;2-1-3/h1-5,9H,6-7H2,(H,13,15);1H2. The molecule has 0 saturated heterocycles. The molecule has 0 aliphatic carbocycles. The molecule has 1 atom stereocenters. The highest BCUT2D eigenvalue weighted by Gasteiger charge is 2.24. The Morgan fingerprint density at radius 3 is 2.67 bits per heavy atom. The van der Waals surface area contributed by atoms with Crippen molar-refractivity contribution in [2.45, 2.75) is 18.9 Å². The fourth-order valence-corrected chi connectivity index (χ4v) is 2.39. The van der Waals surface area contributed by atoms with Gasteiger partial charge in [0.05, 0.1) is 6.04 Å². The fraction of sp³-hybridized carbons (Fsp3) is 0.333. The zero-order chi connectivity index (χ0) is 13.0. The monoisotopic (exact) mass is 269 g/mol. The van der Waals surface area contributed by atoms with Crippen LogP contribution in [0.1, 0.15) is 23.9 Å². The average molecular weight is 269 g/mol. The normalized spacial score (nSPS) is 16.9. The molecule has 18 heavy (non-hydrogen) atoms. The molecule has 3 nitrogen and oxygen atoms in total. The van der Waals surface area contributed by atoms with Gasteiger partial charge < -0.3 is 0 Å². The third-order valence-corrected chi connectivity index (χ3v) is 3.04. The minimum Gasteiger partial charge on any atom is -0.271 e. The average Bonchev–Trinajstić information content (AvgIpc) is 2.90. The molecule has 0 radical (unpaired) electrons. The van der Waals surface area contributed by atoms with Crippen molar-refractivity contribution >= 4 is 12.2 Å². The molecule has 6 heteroatoms. The molecule has 1 aliphatic rings. The summed E-state index contributed by atoms with van der Waals surface area (Å²) in [7, 11) is 0. The maximum absolute atomic E-state index is 9.62. The van der Waals surface area contributed by atoms with Gasteiger partial charge in [0.1, 0.15) is 5.82 Å². The Kier molecular flexibility index (Phi) is 4.19. The molecule has 1 N–H and O–H groups in total. The quantitative estimate of drug-likeness (QED) is 0.805. The van der Waals surface area contributed by atoms with Crippen LogP contribution in [0.4, 0.5) is 8.78 Å². The zero-order valence-electron chi connectivity index (χ0n) is 9.64. The van der Waals surface area contributed by atoms with Gasteiger partial charge in [-0.1, -0.05) is 30.3 Å². The summed E-state index contributed by atoms with van der Waals surface area (Å²) < 4.78 is 21.9. The van der Waals surface area contributed by atoms with E-state index in [1.165, 1.54) is 5.56 Å². The molecule has 2 aromatic rings. The van der Waals surface area contributed by atoms with E-state index in [-0.39, 0.29) is 0 Å². The van der Waals surface area contributed by atoms with E-state index >= 15 is 0 Å². The van der Waals surface area contributed by atoms with E-state index in [0.717, 1.165) is 18.7 Å². The number of aromatic nitrogens is 3. The van der Waals surface area contributed by atoms with Crippen molar-refractivity contribution in [2.24, 2.45) is 0 Å². The number of nitrogens with one attached hydrogen (secondary N) is 1. The molecular formula is C12H13F2N3S. The number of fused-ring (bicyclic) bond motifs is 1. The van der Waals surface area contributed by atoms with Crippen molar-refractivity contribution in [3.8, 4) is 0 Å². The molecule has 96 valence electrons. The lowest BCUT2D eigenvalue weighted by atomic mass is 10.1. The second-order valence-electron chi connectivity index (χ2n) is 3.88. The molecule has 0 bridgehead atoms. The van der Waals surface area contributed by atoms with Crippen LogP contribution in [0.15, 0.2) is 30.3 Å². The van der Waals surface area contributed by atoms with Crippen LogP contribution in [-0.2, 0) is 6.42 Å². The molecule has 0 fully saturated rings. The minimum absolute atomic E-state index is 0.380. The smallest absolute Gasteiger partial charge is 0.229 e. The summed E-state index contributed by atoms with van der Waals surface area (Å²) in [5, 5.41) is 3.13. The highest BCUT2D eigenvalue weighted by Crippen LogP contribution is 2.29. The van der Waals surface area contributed by atoms with Gasteiger partial charge in [-0.25, -0.2) is 13.8 Å². The van der Waals surface area contributed by atoms with Crippen molar-refractivity contribution in [3.05, 3.63) is 46.5 Å². The maximum atomic E-state index is 9.62. The number of hydrogen-bond donors (Lipinski definition) is 1. The Morgan fingerprint density at radius 2 is 2.00 bits per heavy atom. The van der Waals surface area contributed by atoms with Crippen LogP contribution in [0, 0.1) is 4.77 Å². The predicted molar refractivity (Wildman–Crippen MR) is 67.4 cm³/mol. The molecule has 1 aromatic carbocycles. The number of aryl methyl sites for hydroxylation is 1. The van der Waals surface area contributed by atoms with Gasteiger partial charge in [-0.2, -0.15) is 0 Å². The van der Waals surface area contributed by atoms with E-state index in [1.54, 1.807) is 0 Å². The van der Waals surface area contributed by atoms with Crippen LogP contribution in [0.2, 0.25) is 0 Å². The number of alkyl halides is 2. The molecule has 1 aliphatic heterocycles. The summed E-state index contributed by atoms with van der Waals surface area (Å²) in [4.78, 5) is 4.29. The lowest BCUT2D eigenvalue weighted by molar-refractivity contribution is 0.295. The minimum atomic E-state index is -1.75. The number of hydrogen-bond acceptors (Lipinski definition) is 2. The first kappa shape index (κ1) is 12.9. The van der Waals surface area contributed by atoms with Gasteiger partial charge >= 0.3 is 0 Å². The molecule has 3 rings (SSSR count). The first-order valence-corrected chi connectivity index (χ1v) is 6.01. The van der Waals surface area contributed by atoms with Gasteiger partial charge in [0, 0.05) is 6.42 Å². The lowest BCUT2D eigenvalue weighted by Crippen LogP contribution is -2.06. The molecular weight excluding hydrogens is 256 g/mol. The van der Waals surface area contributed by atoms with Crippen LogP contribution in [0.5, 0.6) is 0 Å². The van der Waals surface area contributed by atoms with Gasteiger partial charge in [0.2, 0.25) is 11.7 Å². The molecule has 2 heterocycles. The summed E-state index contributed by atoms with van der Waals surface area (Å²) in [6, 6.07) is 10.9. The fourth-order valence-electron chi connectivity index (χ4n) is 2.18. The summed E-state index contributed by atoms with van der Waals surface area (Å²) in [5.41, 5.74) is 1.32. The molecule has 1 aromatic heterocycles. The van der Waals surface area contributed by atoms with E-state index < -0.39 is 6.93 Å². The largest absolute Gasteiger partial charge is 0.271 e. The summed E-state index contributed by atoms with van der Waals surface area (Å²) in [6.07, 6.45) is 2.12. The Morgan fingerprint density at radius 1 is 1.33 bits per heavy atom. The number of halogens is 2. The number of aromatic amines is 1. The van der Waals surface area contributed by atoms with E-state index in [0.29, 0.717) is 10.8 Å². The van der Waals surface area contributed by atoms with Crippen molar-refractivity contribution in [3.63, 3.8) is 0 Å². The van der Waals surface area contributed by atoms with Crippen LogP contribution in [0.25, 0.3) is 0 Å². The van der Waals surface area contributed by atoms with E-state index in [2.05, 4.69) is 39.0 Å². The summed E-state index contributed by atoms with van der Waals surface area (Å²) in [5.74, 6) is 1.08. The van der Waals surface area contributed by atoms with Crippen LogP contribution < -0.4 is 0 Å². The Labute approximate surface area is 108 Å². The second kappa shape index (κ2) is 5.86. The summed E-state index contributed by atoms with van der Waals surface area (Å²) >= 11 is 5.04. The third kappa shape index (κ3) is 2.64. The number of nitrogens with zero attached hydrogens (tertiary/aromatic N) is 2. The van der Waals surface area contributed by atoms with Gasteiger partial charge in [-0.3, -0.25) is 9.78 Å². The Hall–Kier alpha value is -1.56.